The molecule has 0 aliphatic carbocycles. The van der Waals surface area contributed by atoms with Crippen molar-refractivity contribution < 1.29 is 13.2 Å². The van der Waals surface area contributed by atoms with Crippen molar-refractivity contribution >= 4 is 0 Å². The highest BCUT2D eigenvalue weighted by atomic mass is 19.4. The zero-order valence-corrected chi connectivity index (χ0v) is 11.2. The van der Waals surface area contributed by atoms with Crippen LogP contribution in [0.4, 0.5) is 13.2 Å². The van der Waals surface area contributed by atoms with Crippen molar-refractivity contribution in [1.82, 2.24) is 4.98 Å². The maximum atomic E-state index is 13.0. The molecule has 2 rings (SSSR count). The predicted molar refractivity (Wildman–Crippen MR) is 71.2 cm³/mol. The number of aryl methyl sites for hydroxylation is 2. The summed E-state index contributed by atoms with van der Waals surface area (Å²) in [6, 6.07) is 6.31. The number of nitrogens with zero attached hydrogens (tertiary/aromatic N) is 1. The number of aromatic nitrogens is 1. The first-order chi connectivity index (χ1) is 9.30. The average Bonchev–Trinajstić information content (AvgIpc) is 2.37. The van der Waals surface area contributed by atoms with E-state index < -0.39 is 17.8 Å². The summed E-state index contributed by atoms with van der Waals surface area (Å²) in [6.45, 7) is 3.67. The van der Waals surface area contributed by atoms with Gasteiger partial charge in [-0.25, -0.2) is 0 Å². The predicted octanol–water partition coefficient (Wildman–Crippen LogP) is 3.77. The van der Waals surface area contributed by atoms with E-state index in [1.54, 1.807) is 19.2 Å². The molecule has 2 N–H and O–H groups in total. The van der Waals surface area contributed by atoms with Gasteiger partial charge in [-0.1, -0.05) is 24.3 Å². The lowest BCUT2D eigenvalue weighted by atomic mass is 9.95. The Morgan fingerprint density at radius 3 is 2.40 bits per heavy atom. The van der Waals surface area contributed by atoms with Crippen molar-refractivity contribution in [2.45, 2.75) is 26.1 Å². The molecule has 1 unspecified atom stereocenters. The number of halogens is 3. The number of pyridine rings is 1. The Morgan fingerprint density at radius 1 is 1.15 bits per heavy atom. The van der Waals surface area contributed by atoms with E-state index in [4.69, 9.17) is 5.73 Å². The second-order valence-electron chi connectivity index (χ2n) is 4.78. The van der Waals surface area contributed by atoms with Gasteiger partial charge < -0.3 is 5.73 Å². The van der Waals surface area contributed by atoms with Crippen LogP contribution in [0.2, 0.25) is 0 Å². The van der Waals surface area contributed by atoms with E-state index in [0.717, 1.165) is 17.2 Å². The van der Waals surface area contributed by atoms with E-state index in [-0.39, 0.29) is 5.56 Å². The topological polar surface area (TPSA) is 38.9 Å². The lowest BCUT2D eigenvalue weighted by Crippen LogP contribution is -2.20. The van der Waals surface area contributed by atoms with Gasteiger partial charge in [0.05, 0.1) is 17.3 Å². The second kappa shape index (κ2) is 5.25. The minimum atomic E-state index is -4.42. The van der Waals surface area contributed by atoms with Crippen LogP contribution in [0.15, 0.2) is 36.5 Å². The first-order valence-electron chi connectivity index (χ1n) is 6.15. The Morgan fingerprint density at radius 2 is 1.80 bits per heavy atom. The van der Waals surface area contributed by atoms with Crippen molar-refractivity contribution in [2.75, 3.05) is 0 Å². The number of alkyl halides is 3. The molecule has 5 heteroatoms. The van der Waals surface area contributed by atoms with Crippen molar-refractivity contribution in [1.29, 1.82) is 0 Å². The monoisotopic (exact) mass is 280 g/mol. The maximum Gasteiger partial charge on any atom is 0.416 e. The molecular weight excluding hydrogens is 265 g/mol. The van der Waals surface area contributed by atoms with Crippen LogP contribution in [-0.2, 0) is 6.18 Å². The molecule has 1 atom stereocenters. The first-order valence-corrected chi connectivity index (χ1v) is 6.15. The Hall–Kier alpha value is -1.88. The van der Waals surface area contributed by atoms with Crippen molar-refractivity contribution in [3.05, 3.63) is 64.5 Å². The summed E-state index contributed by atoms with van der Waals surface area (Å²) < 4.78 is 39.0. The van der Waals surface area contributed by atoms with Gasteiger partial charge in [0.1, 0.15) is 0 Å². The molecule has 20 heavy (non-hydrogen) atoms. The highest BCUT2D eigenvalue weighted by Gasteiger charge is 2.34. The van der Waals surface area contributed by atoms with Crippen LogP contribution in [0.25, 0.3) is 0 Å². The molecule has 0 radical (unpaired) electrons. The Balaban J connectivity index is 2.51. The summed E-state index contributed by atoms with van der Waals surface area (Å²) in [4.78, 5) is 4.18. The summed E-state index contributed by atoms with van der Waals surface area (Å²) in [5.74, 6) is 0. The Labute approximate surface area is 115 Å². The normalized spacial score (nSPS) is 13.3. The largest absolute Gasteiger partial charge is 0.416 e. The Bertz CT molecular complexity index is 621. The number of rotatable bonds is 2. The van der Waals surface area contributed by atoms with Gasteiger partial charge in [0, 0.05) is 6.20 Å². The molecule has 1 aromatic heterocycles. The fraction of sp³-hybridized carbons (Fsp3) is 0.267. The maximum absolute atomic E-state index is 13.0. The lowest BCUT2D eigenvalue weighted by Gasteiger charge is -2.19. The number of nitrogens with two attached hydrogens (primary N) is 1. The third-order valence-corrected chi connectivity index (χ3v) is 3.15. The van der Waals surface area contributed by atoms with E-state index in [1.165, 1.54) is 12.1 Å². The van der Waals surface area contributed by atoms with Crippen LogP contribution in [0, 0.1) is 13.8 Å². The Kier molecular flexibility index (Phi) is 3.81. The minimum Gasteiger partial charge on any atom is -0.319 e. The van der Waals surface area contributed by atoms with E-state index >= 15 is 0 Å². The van der Waals surface area contributed by atoms with E-state index in [1.807, 2.05) is 13.0 Å². The standard InChI is InChI=1S/C15H15F3N2/c1-9-7-10(2)14(20-8-9)13(19)11-5-3-4-6-12(11)15(16,17)18/h3-8,13H,19H2,1-2H3. The fourth-order valence-electron chi connectivity index (χ4n) is 2.23. The van der Waals surface area contributed by atoms with Gasteiger partial charge in [-0.05, 0) is 36.6 Å². The summed E-state index contributed by atoms with van der Waals surface area (Å²) in [5.41, 5.74) is 7.53. The van der Waals surface area contributed by atoms with Crippen LogP contribution in [0.1, 0.15) is 34.0 Å². The molecule has 0 spiro atoms. The van der Waals surface area contributed by atoms with Crippen molar-refractivity contribution in [3.63, 3.8) is 0 Å². The molecule has 1 heterocycles. The summed E-state index contributed by atoms with van der Waals surface area (Å²) in [5, 5.41) is 0. The number of hydrogen-bond acceptors (Lipinski definition) is 2. The molecule has 106 valence electrons. The average molecular weight is 280 g/mol. The zero-order valence-electron chi connectivity index (χ0n) is 11.2. The first kappa shape index (κ1) is 14.5. The molecule has 0 saturated carbocycles. The SMILES string of the molecule is Cc1cnc(C(N)c2ccccc2C(F)(F)F)c(C)c1. The van der Waals surface area contributed by atoms with E-state index in [2.05, 4.69) is 4.98 Å². The molecule has 0 saturated heterocycles. The van der Waals surface area contributed by atoms with Crippen molar-refractivity contribution in [3.8, 4) is 0 Å². The highest BCUT2D eigenvalue weighted by molar-refractivity contribution is 5.39. The summed E-state index contributed by atoms with van der Waals surface area (Å²) in [7, 11) is 0. The van der Waals surface area contributed by atoms with Crippen LogP contribution in [0.3, 0.4) is 0 Å². The third kappa shape index (κ3) is 2.82. The summed E-state index contributed by atoms with van der Waals surface area (Å²) in [6.07, 6.45) is -2.81. The van der Waals surface area contributed by atoms with Gasteiger partial charge in [-0.2, -0.15) is 13.2 Å². The molecule has 0 aliphatic rings. The van der Waals surface area contributed by atoms with Gasteiger partial charge in [0.15, 0.2) is 0 Å². The second-order valence-corrected chi connectivity index (χ2v) is 4.78. The quantitative estimate of drug-likeness (QED) is 0.909. The van der Waals surface area contributed by atoms with Crippen LogP contribution in [0.5, 0.6) is 0 Å². The minimum absolute atomic E-state index is 0.0412. The van der Waals surface area contributed by atoms with Crippen LogP contribution < -0.4 is 5.73 Å². The van der Waals surface area contributed by atoms with Gasteiger partial charge in [-0.3, -0.25) is 4.98 Å². The number of hydrogen-bond donors (Lipinski definition) is 1. The van der Waals surface area contributed by atoms with Crippen molar-refractivity contribution in [2.24, 2.45) is 5.73 Å². The smallest absolute Gasteiger partial charge is 0.319 e. The third-order valence-electron chi connectivity index (χ3n) is 3.15. The molecule has 0 bridgehead atoms. The fourth-order valence-corrected chi connectivity index (χ4v) is 2.23. The van der Waals surface area contributed by atoms with Gasteiger partial charge in [-0.15, -0.1) is 0 Å². The van der Waals surface area contributed by atoms with Gasteiger partial charge in [0.25, 0.3) is 0 Å². The molecule has 2 aromatic rings. The van der Waals surface area contributed by atoms with Gasteiger partial charge >= 0.3 is 6.18 Å². The van der Waals surface area contributed by atoms with Crippen LogP contribution in [-0.4, -0.2) is 4.98 Å². The molecule has 1 aromatic carbocycles. The molecule has 2 nitrogen and oxygen atoms in total. The van der Waals surface area contributed by atoms with Crippen LogP contribution >= 0.6 is 0 Å². The van der Waals surface area contributed by atoms with E-state index in [0.29, 0.717) is 5.69 Å². The molecule has 0 aliphatic heterocycles. The lowest BCUT2D eigenvalue weighted by molar-refractivity contribution is -0.138. The number of benzene rings is 1. The zero-order chi connectivity index (χ0) is 14.9. The van der Waals surface area contributed by atoms with Gasteiger partial charge in [0.2, 0.25) is 0 Å². The highest BCUT2D eigenvalue weighted by Crippen LogP contribution is 2.35. The molecule has 0 fully saturated rings. The van der Waals surface area contributed by atoms with E-state index in [9.17, 15) is 13.2 Å². The molecular formula is C15H15F3N2. The summed E-state index contributed by atoms with van der Waals surface area (Å²) >= 11 is 0. The molecule has 0 amide bonds.